The lowest BCUT2D eigenvalue weighted by Crippen LogP contribution is -2.09. The van der Waals surface area contributed by atoms with Crippen LogP contribution in [-0.4, -0.2) is 16.1 Å². The van der Waals surface area contributed by atoms with Crippen molar-refractivity contribution in [3.8, 4) is 6.07 Å². The van der Waals surface area contributed by atoms with Crippen LogP contribution in [0.3, 0.4) is 0 Å². The smallest absolute Gasteiger partial charge is 0.309 e. The highest BCUT2D eigenvalue weighted by atomic mass is 19.3. The fourth-order valence-corrected chi connectivity index (χ4v) is 1.38. The van der Waals surface area contributed by atoms with Crippen molar-refractivity contribution in [2.75, 3.05) is 0 Å². The van der Waals surface area contributed by atoms with Crippen LogP contribution < -0.4 is 0 Å². The van der Waals surface area contributed by atoms with E-state index in [2.05, 4.69) is 4.98 Å². The number of aliphatic carboxylic acids is 1. The zero-order valence-corrected chi connectivity index (χ0v) is 8.37. The van der Waals surface area contributed by atoms with E-state index in [1.165, 1.54) is 13.0 Å². The van der Waals surface area contributed by atoms with Gasteiger partial charge in [0.1, 0.15) is 11.8 Å². The Morgan fingerprint density at radius 2 is 2.31 bits per heavy atom. The zero-order chi connectivity index (χ0) is 12.3. The average molecular weight is 226 g/mol. The number of hydrogen-bond donors (Lipinski definition) is 1. The fraction of sp³-hybridized carbons (Fsp3) is 0.300. The molecule has 1 rings (SSSR count). The fourth-order valence-electron chi connectivity index (χ4n) is 1.38. The number of hydrogen-bond acceptors (Lipinski definition) is 3. The maximum absolute atomic E-state index is 12.7. The van der Waals surface area contributed by atoms with Gasteiger partial charge in [0, 0.05) is 5.56 Å². The number of halogens is 2. The molecule has 1 N–H and O–H groups in total. The van der Waals surface area contributed by atoms with E-state index in [1.54, 1.807) is 6.07 Å². The molecule has 4 nitrogen and oxygen atoms in total. The second-order valence-electron chi connectivity index (χ2n) is 3.17. The Balaban J connectivity index is 3.35. The number of pyridine rings is 1. The first-order valence-corrected chi connectivity index (χ1v) is 4.36. The van der Waals surface area contributed by atoms with Gasteiger partial charge < -0.3 is 5.11 Å². The summed E-state index contributed by atoms with van der Waals surface area (Å²) in [5.74, 6) is -1.26. The van der Waals surface area contributed by atoms with Gasteiger partial charge in [-0.3, -0.25) is 4.79 Å². The van der Waals surface area contributed by atoms with Crippen molar-refractivity contribution in [1.29, 1.82) is 5.26 Å². The van der Waals surface area contributed by atoms with Crippen molar-refractivity contribution < 1.29 is 18.7 Å². The maximum atomic E-state index is 12.7. The number of carboxylic acids is 1. The highest BCUT2D eigenvalue weighted by molar-refractivity contribution is 5.70. The van der Waals surface area contributed by atoms with Gasteiger partial charge in [-0.1, -0.05) is 0 Å². The van der Waals surface area contributed by atoms with E-state index in [1.807, 2.05) is 0 Å². The van der Waals surface area contributed by atoms with Gasteiger partial charge in [0.2, 0.25) is 0 Å². The molecule has 1 heterocycles. The number of carbonyl (C=O) groups is 1. The lowest BCUT2D eigenvalue weighted by Gasteiger charge is -2.09. The number of nitrogens with zero attached hydrogens (tertiary/aromatic N) is 2. The third kappa shape index (κ3) is 2.51. The molecule has 0 aliphatic heterocycles. The second-order valence-corrected chi connectivity index (χ2v) is 3.17. The van der Waals surface area contributed by atoms with Crippen molar-refractivity contribution in [2.24, 2.45) is 0 Å². The van der Waals surface area contributed by atoms with Gasteiger partial charge in [0.25, 0.3) is 6.43 Å². The summed E-state index contributed by atoms with van der Waals surface area (Å²) in [7, 11) is 0. The minimum atomic E-state index is -2.80. The Morgan fingerprint density at radius 3 is 2.75 bits per heavy atom. The van der Waals surface area contributed by atoms with Crippen molar-refractivity contribution in [1.82, 2.24) is 4.98 Å². The van der Waals surface area contributed by atoms with Crippen LogP contribution in [0.2, 0.25) is 0 Å². The van der Waals surface area contributed by atoms with Crippen LogP contribution in [0.1, 0.15) is 28.9 Å². The predicted octanol–water partition coefficient (Wildman–Crippen LogP) is 1.83. The Bertz CT molecular complexity index is 467. The van der Waals surface area contributed by atoms with Gasteiger partial charge in [-0.2, -0.15) is 5.26 Å². The standard InChI is InChI=1S/C10H8F2N2O2/c1-5-2-6(4-13)14-7(3-8(15)16)9(5)10(11)12/h2,10H,3H2,1H3,(H,15,16). The molecule has 0 spiro atoms. The van der Waals surface area contributed by atoms with Crippen LogP contribution in [0, 0.1) is 18.3 Å². The largest absolute Gasteiger partial charge is 0.481 e. The van der Waals surface area contributed by atoms with Gasteiger partial charge in [-0.05, 0) is 18.6 Å². The summed E-state index contributed by atoms with van der Waals surface area (Å²) >= 11 is 0. The quantitative estimate of drug-likeness (QED) is 0.853. The SMILES string of the molecule is Cc1cc(C#N)nc(CC(=O)O)c1C(F)F. The predicted molar refractivity (Wildman–Crippen MR) is 50.0 cm³/mol. The summed E-state index contributed by atoms with van der Waals surface area (Å²) in [6.45, 7) is 1.40. The van der Waals surface area contributed by atoms with Crippen molar-refractivity contribution in [2.45, 2.75) is 19.8 Å². The van der Waals surface area contributed by atoms with Crippen LogP contribution >= 0.6 is 0 Å². The van der Waals surface area contributed by atoms with E-state index in [-0.39, 0.29) is 17.0 Å². The summed E-state index contributed by atoms with van der Waals surface area (Å²) in [6.07, 6.45) is -3.41. The number of alkyl halides is 2. The highest BCUT2D eigenvalue weighted by Crippen LogP contribution is 2.26. The molecule has 1 aromatic rings. The van der Waals surface area contributed by atoms with Crippen LogP contribution in [0.25, 0.3) is 0 Å². The topological polar surface area (TPSA) is 74.0 Å². The summed E-state index contributed by atoms with van der Waals surface area (Å²) in [5, 5.41) is 17.2. The van der Waals surface area contributed by atoms with E-state index in [0.717, 1.165) is 0 Å². The lowest BCUT2D eigenvalue weighted by atomic mass is 10.0. The van der Waals surface area contributed by atoms with Crippen LogP contribution in [0.5, 0.6) is 0 Å². The number of rotatable bonds is 3. The number of aromatic nitrogens is 1. The zero-order valence-electron chi connectivity index (χ0n) is 8.37. The van der Waals surface area contributed by atoms with Crippen molar-refractivity contribution in [3.05, 3.63) is 28.6 Å². The molecule has 0 bridgehead atoms. The van der Waals surface area contributed by atoms with E-state index in [9.17, 15) is 13.6 Å². The van der Waals surface area contributed by atoms with E-state index < -0.39 is 24.4 Å². The Kier molecular flexibility index (Phi) is 3.51. The molecule has 16 heavy (non-hydrogen) atoms. The number of nitriles is 1. The molecule has 0 unspecified atom stereocenters. The summed E-state index contributed by atoms with van der Waals surface area (Å²) in [6, 6.07) is 2.91. The molecule has 0 saturated carbocycles. The molecule has 0 saturated heterocycles. The molecule has 0 aliphatic rings. The van der Waals surface area contributed by atoms with Gasteiger partial charge in [0.15, 0.2) is 0 Å². The first-order valence-electron chi connectivity index (χ1n) is 4.36. The Morgan fingerprint density at radius 1 is 1.69 bits per heavy atom. The van der Waals surface area contributed by atoms with Crippen LogP contribution in [-0.2, 0) is 11.2 Å². The number of carboxylic acid groups (broad SMARTS) is 1. The first kappa shape index (κ1) is 12.0. The third-order valence-electron chi connectivity index (χ3n) is 2.00. The monoisotopic (exact) mass is 226 g/mol. The highest BCUT2D eigenvalue weighted by Gasteiger charge is 2.20. The minimum Gasteiger partial charge on any atom is -0.481 e. The molecule has 0 radical (unpaired) electrons. The van der Waals surface area contributed by atoms with Gasteiger partial charge in [-0.25, -0.2) is 13.8 Å². The third-order valence-corrected chi connectivity index (χ3v) is 2.00. The lowest BCUT2D eigenvalue weighted by molar-refractivity contribution is -0.136. The summed E-state index contributed by atoms with van der Waals surface area (Å²) < 4.78 is 25.3. The van der Waals surface area contributed by atoms with Gasteiger partial charge in [0.05, 0.1) is 12.1 Å². The van der Waals surface area contributed by atoms with E-state index >= 15 is 0 Å². The van der Waals surface area contributed by atoms with E-state index in [0.29, 0.717) is 0 Å². The molecular weight excluding hydrogens is 218 g/mol. The van der Waals surface area contributed by atoms with Crippen LogP contribution in [0.15, 0.2) is 6.07 Å². The van der Waals surface area contributed by atoms with Gasteiger partial charge >= 0.3 is 5.97 Å². The molecule has 0 amide bonds. The summed E-state index contributed by atoms with van der Waals surface area (Å²) in [5.41, 5.74) is -0.531. The molecule has 0 fully saturated rings. The molecule has 84 valence electrons. The van der Waals surface area contributed by atoms with Gasteiger partial charge in [-0.15, -0.1) is 0 Å². The molecule has 0 atom stereocenters. The Labute approximate surface area is 90.2 Å². The molecular formula is C10H8F2N2O2. The average Bonchev–Trinajstić information content (AvgIpc) is 2.14. The van der Waals surface area contributed by atoms with Crippen LogP contribution in [0.4, 0.5) is 8.78 Å². The normalized spacial score (nSPS) is 10.2. The second kappa shape index (κ2) is 4.66. The minimum absolute atomic E-state index is 0.0573. The van der Waals surface area contributed by atoms with Crippen molar-refractivity contribution >= 4 is 5.97 Å². The molecule has 0 aromatic carbocycles. The number of aryl methyl sites for hydroxylation is 1. The molecule has 6 heteroatoms. The maximum Gasteiger partial charge on any atom is 0.309 e. The Hall–Kier alpha value is -2.03. The van der Waals surface area contributed by atoms with Crippen molar-refractivity contribution in [3.63, 3.8) is 0 Å². The van der Waals surface area contributed by atoms with E-state index in [4.69, 9.17) is 10.4 Å². The molecule has 1 aromatic heterocycles. The molecule has 0 aliphatic carbocycles. The summed E-state index contributed by atoms with van der Waals surface area (Å²) in [4.78, 5) is 14.1. The first-order chi connectivity index (χ1) is 7.45.